The molecule has 46 heavy (non-hydrogen) atoms. The number of benzene rings is 3. The lowest BCUT2D eigenvalue weighted by Crippen LogP contribution is -2.56. The van der Waals surface area contributed by atoms with Crippen LogP contribution in [0.5, 0.6) is 5.75 Å². The van der Waals surface area contributed by atoms with Crippen LogP contribution in [-0.4, -0.2) is 69.0 Å². The van der Waals surface area contributed by atoms with E-state index in [2.05, 4.69) is 86.1 Å². The molecule has 0 bridgehead atoms. The minimum absolute atomic E-state index is 0.117. The fourth-order valence-corrected chi connectivity index (χ4v) is 6.87. The highest BCUT2D eigenvalue weighted by Crippen LogP contribution is 2.36. The van der Waals surface area contributed by atoms with E-state index < -0.39 is 6.67 Å². The van der Waals surface area contributed by atoms with Crippen LogP contribution in [-0.2, 0) is 4.74 Å². The van der Waals surface area contributed by atoms with Crippen LogP contribution in [0.4, 0.5) is 15.8 Å². The molecule has 1 fully saturated rings. The number of hydrogen-bond donors (Lipinski definition) is 1. The van der Waals surface area contributed by atoms with E-state index in [0.29, 0.717) is 43.5 Å². The van der Waals surface area contributed by atoms with Crippen LogP contribution < -0.4 is 15.0 Å². The molecular formula is C39H52FN3O3. The second kappa shape index (κ2) is 15.8. The molecule has 0 aromatic heterocycles. The highest BCUT2D eigenvalue weighted by Gasteiger charge is 2.32. The highest BCUT2D eigenvalue weighted by molar-refractivity contribution is 5.89. The molecule has 3 aromatic carbocycles. The number of nitrogens with one attached hydrogen (secondary N) is 1. The Hall–Kier alpha value is -3.58. The van der Waals surface area contributed by atoms with E-state index >= 15 is 0 Å². The number of rotatable bonds is 13. The molecule has 1 N–H and O–H groups in total. The van der Waals surface area contributed by atoms with Crippen LogP contribution in [0.25, 0.3) is 0 Å². The lowest BCUT2D eigenvalue weighted by Gasteiger charge is -2.45. The molecule has 1 saturated heterocycles. The van der Waals surface area contributed by atoms with E-state index in [0.717, 1.165) is 49.6 Å². The Morgan fingerprint density at radius 2 is 1.74 bits per heavy atom. The molecule has 0 radical (unpaired) electrons. The molecule has 2 aliphatic rings. The number of piperazine rings is 1. The zero-order valence-electron chi connectivity index (χ0n) is 28.3. The summed E-state index contributed by atoms with van der Waals surface area (Å²) < 4.78 is 26.5. The molecule has 5 rings (SSSR count). The molecule has 3 unspecified atom stereocenters. The van der Waals surface area contributed by atoms with Crippen molar-refractivity contribution in [3.05, 3.63) is 89.0 Å². The Labute approximate surface area is 275 Å². The van der Waals surface area contributed by atoms with E-state index in [9.17, 15) is 9.18 Å². The Bertz CT molecular complexity index is 1430. The van der Waals surface area contributed by atoms with Crippen LogP contribution in [0.2, 0.25) is 0 Å². The van der Waals surface area contributed by atoms with E-state index in [4.69, 9.17) is 9.47 Å². The Morgan fingerprint density at radius 1 is 0.978 bits per heavy atom. The van der Waals surface area contributed by atoms with Gasteiger partial charge < -0.3 is 19.7 Å². The second-order valence-corrected chi connectivity index (χ2v) is 13.6. The van der Waals surface area contributed by atoms with Gasteiger partial charge in [-0.1, -0.05) is 58.0 Å². The standard InChI is InChI=1S/C39H52FN3O3/c1-27(2)30-11-14-35(15-12-30)42-18-19-43(29(5)26-42)36(25-40)23-32(33-13-16-38-37(24-33)41-17-21-45-38)10-7-20-46-39(44)34-9-6-8-31(22-34)28(3)4/h6,8-9,11-16,22,24,27-29,32,36,41H,7,10,17-21,23,25-26H2,1-5H3. The van der Waals surface area contributed by atoms with E-state index in [1.54, 1.807) is 0 Å². The summed E-state index contributed by atoms with van der Waals surface area (Å²) in [6.07, 6.45) is 2.20. The Morgan fingerprint density at radius 3 is 2.46 bits per heavy atom. The van der Waals surface area contributed by atoms with Crippen LogP contribution in [0.1, 0.15) is 98.7 Å². The smallest absolute Gasteiger partial charge is 0.338 e. The summed E-state index contributed by atoms with van der Waals surface area (Å²) in [7, 11) is 0. The molecule has 3 atom stereocenters. The van der Waals surface area contributed by atoms with Gasteiger partial charge in [-0.2, -0.15) is 0 Å². The third-order valence-electron chi connectivity index (χ3n) is 9.68. The largest absolute Gasteiger partial charge is 0.490 e. The number of hydrogen-bond acceptors (Lipinski definition) is 6. The van der Waals surface area contributed by atoms with Crippen molar-refractivity contribution < 1.29 is 18.7 Å². The number of fused-ring (bicyclic) bond motifs is 1. The number of alkyl halides is 1. The quantitative estimate of drug-likeness (QED) is 0.151. The topological polar surface area (TPSA) is 54.0 Å². The summed E-state index contributed by atoms with van der Waals surface area (Å²) in [5, 5.41) is 3.45. The summed E-state index contributed by atoms with van der Waals surface area (Å²) in [6, 6.07) is 22.9. The fourth-order valence-electron chi connectivity index (χ4n) is 6.87. The number of carbonyl (C=O) groups excluding carboxylic acids is 1. The average Bonchev–Trinajstić information content (AvgIpc) is 3.08. The van der Waals surface area contributed by atoms with Gasteiger partial charge in [-0.25, -0.2) is 9.18 Å². The van der Waals surface area contributed by atoms with Gasteiger partial charge in [0.05, 0.1) is 17.9 Å². The van der Waals surface area contributed by atoms with Gasteiger partial charge >= 0.3 is 5.97 Å². The zero-order chi connectivity index (χ0) is 32.6. The number of carbonyl (C=O) groups is 1. The van der Waals surface area contributed by atoms with Gasteiger partial charge in [-0.05, 0) is 97.0 Å². The molecule has 0 saturated carbocycles. The number of anilines is 2. The fraction of sp³-hybridized carbons (Fsp3) is 0.513. The number of halogens is 1. The van der Waals surface area contributed by atoms with Gasteiger partial charge in [0.2, 0.25) is 0 Å². The molecule has 0 spiro atoms. The van der Waals surface area contributed by atoms with Crippen LogP contribution in [0.15, 0.2) is 66.7 Å². The van der Waals surface area contributed by atoms with Crippen LogP contribution in [0, 0.1) is 0 Å². The molecule has 7 heteroatoms. The van der Waals surface area contributed by atoms with Gasteiger partial charge in [0.1, 0.15) is 19.0 Å². The molecule has 2 aliphatic heterocycles. The zero-order valence-corrected chi connectivity index (χ0v) is 28.3. The summed E-state index contributed by atoms with van der Waals surface area (Å²) in [4.78, 5) is 17.6. The van der Waals surface area contributed by atoms with Crippen molar-refractivity contribution in [1.82, 2.24) is 4.90 Å². The molecule has 2 heterocycles. The van der Waals surface area contributed by atoms with E-state index in [1.807, 2.05) is 30.3 Å². The lowest BCUT2D eigenvalue weighted by molar-refractivity contribution is 0.0492. The predicted molar refractivity (Wildman–Crippen MR) is 187 cm³/mol. The third kappa shape index (κ3) is 8.41. The molecule has 248 valence electrons. The van der Waals surface area contributed by atoms with E-state index in [-0.39, 0.29) is 24.0 Å². The first-order valence-corrected chi connectivity index (χ1v) is 17.2. The van der Waals surface area contributed by atoms with Crippen molar-refractivity contribution in [3.8, 4) is 5.75 Å². The molecular weight excluding hydrogens is 577 g/mol. The monoisotopic (exact) mass is 629 g/mol. The molecule has 3 aromatic rings. The maximum absolute atomic E-state index is 14.9. The first-order chi connectivity index (χ1) is 22.2. The maximum atomic E-state index is 14.9. The van der Waals surface area contributed by atoms with Crippen molar-refractivity contribution in [2.75, 3.05) is 56.3 Å². The first-order valence-electron chi connectivity index (χ1n) is 17.2. The molecule has 0 aliphatic carbocycles. The van der Waals surface area contributed by atoms with Gasteiger partial charge in [0.15, 0.2) is 0 Å². The maximum Gasteiger partial charge on any atom is 0.338 e. The van der Waals surface area contributed by atoms with Gasteiger partial charge in [-0.3, -0.25) is 4.90 Å². The Kier molecular flexibility index (Phi) is 11.6. The SMILES string of the molecule is CC(C)c1ccc(N2CCN(C(CF)CC(CCCOC(=O)c3cccc(C(C)C)c3)c3ccc4c(c3)NCCO4)C(C)C2)cc1. The van der Waals surface area contributed by atoms with E-state index in [1.165, 1.54) is 16.8 Å². The van der Waals surface area contributed by atoms with Crippen LogP contribution in [0.3, 0.4) is 0 Å². The third-order valence-corrected chi connectivity index (χ3v) is 9.68. The second-order valence-electron chi connectivity index (χ2n) is 13.6. The van der Waals surface area contributed by atoms with Crippen molar-refractivity contribution >= 4 is 17.3 Å². The average molecular weight is 630 g/mol. The normalized spacial score (nSPS) is 18.1. The van der Waals surface area contributed by atoms with Crippen LogP contribution >= 0.6 is 0 Å². The van der Waals surface area contributed by atoms with Crippen molar-refractivity contribution in [1.29, 1.82) is 0 Å². The minimum Gasteiger partial charge on any atom is -0.490 e. The number of ether oxygens (including phenoxy) is 2. The van der Waals surface area contributed by atoms with Crippen molar-refractivity contribution in [2.24, 2.45) is 0 Å². The van der Waals surface area contributed by atoms with Gasteiger partial charge in [0.25, 0.3) is 0 Å². The highest BCUT2D eigenvalue weighted by atomic mass is 19.1. The summed E-state index contributed by atoms with van der Waals surface area (Å²) in [5.74, 6) is 1.54. The Balaban J connectivity index is 1.24. The minimum atomic E-state index is -0.391. The predicted octanol–water partition coefficient (Wildman–Crippen LogP) is 8.40. The van der Waals surface area contributed by atoms with Crippen molar-refractivity contribution in [2.45, 2.75) is 83.7 Å². The summed E-state index contributed by atoms with van der Waals surface area (Å²) in [5.41, 5.74) is 6.45. The van der Waals surface area contributed by atoms with Crippen molar-refractivity contribution in [3.63, 3.8) is 0 Å². The lowest BCUT2D eigenvalue weighted by atomic mass is 9.87. The summed E-state index contributed by atoms with van der Waals surface area (Å²) >= 11 is 0. The first kappa shape index (κ1) is 33.8. The molecule has 6 nitrogen and oxygen atoms in total. The molecule has 0 amide bonds. The summed E-state index contributed by atoms with van der Waals surface area (Å²) in [6.45, 7) is 14.8. The van der Waals surface area contributed by atoms with Gasteiger partial charge in [0, 0.05) is 44.0 Å². The number of esters is 1. The number of nitrogens with zero attached hydrogens (tertiary/aromatic N) is 2. The van der Waals surface area contributed by atoms with Gasteiger partial charge in [-0.15, -0.1) is 0 Å².